The molecule has 0 N–H and O–H groups in total. The van der Waals surface area contributed by atoms with Gasteiger partial charge in [0.05, 0.1) is 6.61 Å². The third-order valence-electron chi connectivity index (χ3n) is 12.9. The molecule has 438 valence electrons. The van der Waals surface area contributed by atoms with Crippen molar-refractivity contribution < 1.29 is 57.2 Å². The molecule has 0 atom stereocenters. The highest BCUT2D eigenvalue weighted by Gasteiger charge is 2.13. The number of hydrogen-bond acceptors (Lipinski definition) is 12. The normalized spacial score (nSPS) is 10.3. The van der Waals surface area contributed by atoms with E-state index in [0.29, 0.717) is 68.8 Å². The van der Waals surface area contributed by atoms with Gasteiger partial charge in [-0.25, -0.2) is 28.8 Å². The number of rotatable bonds is 21. The molecule has 0 aliphatic heterocycles. The van der Waals surface area contributed by atoms with Crippen LogP contribution in [0.5, 0.6) is 28.7 Å². The fourth-order valence-corrected chi connectivity index (χ4v) is 8.06. The minimum atomic E-state index is -0.452. The van der Waals surface area contributed by atoms with Crippen LogP contribution in [0.1, 0.15) is 72.8 Å². The zero-order chi connectivity index (χ0) is 62.5. The second-order valence-electron chi connectivity index (χ2n) is 20.6. The molecule has 0 saturated heterocycles. The van der Waals surface area contributed by atoms with Crippen LogP contribution in [0, 0.1) is 0 Å². The second-order valence-corrected chi connectivity index (χ2v) is 20.6. The van der Waals surface area contributed by atoms with E-state index in [1.807, 2.05) is 72.8 Å². The maximum absolute atomic E-state index is 11.7. The molecule has 0 aliphatic rings. The predicted molar refractivity (Wildman–Crippen MR) is 341 cm³/mol. The van der Waals surface area contributed by atoms with Crippen LogP contribution in [-0.4, -0.2) is 42.4 Å². The van der Waals surface area contributed by atoms with Crippen LogP contribution in [-0.2, 0) is 39.9 Å². The average Bonchev–Trinajstić information content (AvgIpc) is 1.40. The smallest absolute Gasteiger partial charge is 0.338 e. The van der Waals surface area contributed by atoms with E-state index >= 15 is 0 Å². The molecule has 0 fully saturated rings. The van der Waals surface area contributed by atoms with Crippen LogP contribution in [0.2, 0.25) is 0 Å². The van der Waals surface area contributed by atoms with Gasteiger partial charge in [-0.2, -0.15) is 0 Å². The summed E-state index contributed by atoms with van der Waals surface area (Å²) in [6, 6.07) is 53.7. The predicted octanol–water partition coefficient (Wildman–Crippen LogP) is 17.0. The summed E-state index contributed by atoms with van der Waals surface area (Å²) in [6.07, 6.45) is 5.22. The van der Waals surface area contributed by atoms with Crippen LogP contribution in [0.3, 0.4) is 0 Å². The van der Waals surface area contributed by atoms with Crippen molar-refractivity contribution in [3.05, 3.63) is 248 Å². The number of ether oxygens (including phenoxy) is 6. The third-order valence-corrected chi connectivity index (χ3v) is 12.9. The van der Waals surface area contributed by atoms with Gasteiger partial charge in [0, 0.05) is 33.4 Å². The van der Waals surface area contributed by atoms with Gasteiger partial charge in [-0.05, 0) is 182 Å². The Labute approximate surface area is 503 Å². The van der Waals surface area contributed by atoms with Crippen LogP contribution in [0.15, 0.2) is 243 Å². The molecule has 0 unspecified atom stereocenters. The number of esters is 6. The summed E-state index contributed by atoms with van der Waals surface area (Å²) in [5, 5.41) is 3.90. The Bertz CT molecular complexity index is 3690. The van der Waals surface area contributed by atoms with Gasteiger partial charge in [0.25, 0.3) is 0 Å². The van der Waals surface area contributed by atoms with Gasteiger partial charge < -0.3 is 28.4 Å². The first-order valence-corrected chi connectivity index (χ1v) is 27.7. The first kappa shape index (κ1) is 64.7. The number of fused-ring (bicyclic) bond motifs is 3. The van der Waals surface area contributed by atoms with E-state index in [2.05, 4.69) is 88.0 Å². The number of carbonyl (C=O) groups excluding carboxylic acids is 6. The highest BCUT2D eigenvalue weighted by atomic mass is 16.6. The highest BCUT2D eigenvalue weighted by Crippen LogP contribution is 2.32. The molecular weight excluding hydrogens is 1080 g/mol. The fourth-order valence-electron chi connectivity index (χ4n) is 8.06. The van der Waals surface area contributed by atoms with Crippen molar-refractivity contribution in [1.82, 2.24) is 0 Å². The maximum Gasteiger partial charge on any atom is 0.338 e. The van der Waals surface area contributed by atoms with Crippen LogP contribution >= 0.6 is 0 Å². The van der Waals surface area contributed by atoms with Crippen molar-refractivity contribution in [1.29, 1.82) is 0 Å². The van der Waals surface area contributed by atoms with Gasteiger partial charge in [0.2, 0.25) is 0 Å². The lowest BCUT2D eigenvalue weighted by Gasteiger charge is -2.09. The van der Waals surface area contributed by atoms with Gasteiger partial charge in [0.15, 0.2) is 0 Å². The monoisotopic (exact) mass is 1150 g/mol. The Morgan fingerprint density at radius 3 is 0.849 bits per heavy atom. The van der Waals surface area contributed by atoms with Crippen molar-refractivity contribution in [2.75, 3.05) is 6.61 Å². The SMILES string of the molecule is C=C(C)C(=O)OCCCCCCc1ccc(-c2ccc(-c3ccc(OC(=O)C(=C)C)cc3)cc2)cc1.C=C(C)C(=O)Oc1ccc(-c2ccc(OC(=O)C(=C)C)cc2)cc1.C=C(C)C(=O)Oc1ccc2c(ccc3cc(OC(=O)C(=C)C)ccc32)c1. The zero-order valence-corrected chi connectivity index (χ0v) is 49.6. The fraction of sp³-hybridized carbons (Fsp3) is 0.162. The third kappa shape index (κ3) is 19.6. The molecule has 12 heteroatoms. The molecule has 0 amide bonds. The second kappa shape index (κ2) is 31.3. The molecule has 0 spiro atoms. The van der Waals surface area contributed by atoms with Gasteiger partial charge in [-0.15, -0.1) is 0 Å². The molecule has 0 bridgehead atoms. The molecule has 12 nitrogen and oxygen atoms in total. The lowest BCUT2D eigenvalue weighted by atomic mass is 9.98. The van der Waals surface area contributed by atoms with E-state index in [4.69, 9.17) is 28.4 Å². The Morgan fingerprint density at radius 1 is 0.291 bits per heavy atom. The Hall–Kier alpha value is -10.5. The maximum atomic E-state index is 11.7. The molecule has 8 aromatic rings. The van der Waals surface area contributed by atoms with Crippen LogP contribution in [0.25, 0.3) is 54.9 Å². The Kier molecular flexibility index (Phi) is 23.5. The molecular formula is C74H70O12. The molecule has 8 rings (SSSR count). The van der Waals surface area contributed by atoms with E-state index in [9.17, 15) is 28.8 Å². The van der Waals surface area contributed by atoms with Gasteiger partial charge >= 0.3 is 35.8 Å². The largest absolute Gasteiger partial charge is 0.462 e. The summed E-state index contributed by atoms with van der Waals surface area (Å²) in [6.45, 7) is 31.6. The Morgan fingerprint density at radius 2 is 0.547 bits per heavy atom. The Balaban J connectivity index is 0.000000212. The van der Waals surface area contributed by atoms with Crippen molar-refractivity contribution in [3.63, 3.8) is 0 Å². The van der Waals surface area contributed by atoms with Crippen LogP contribution in [0.4, 0.5) is 0 Å². The number of carbonyl (C=O) groups is 6. The van der Waals surface area contributed by atoms with Crippen LogP contribution < -0.4 is 23.7 Å². The summed E-state index contributed by atoms with van der Waals surface area (Å²) in [7, 11) is 0. The number of aryl methyl sites for hydroxylation is 1. The molecule has 0 heterocycles. The standard InChI is InChI=1S/C32H34O4.C22H18O4.C20H18O4/c1-23(2)31(33)35-22-8-6-5-7-9-25-10-12-26(13-11-25)27-14-16-28(17-15-27)29-18-20-30(21-19-29)36-32(34)24(3)4;1-13(2)21(23)25-17-7-9-19-15(11-17)5-6-16-12-18(8-10-20(16)19)26-22(24)14(3)4;1-13(2)19(21)23-17-9-5-15(6-10-17)16-7-11-18(12-8-16)24-20(22)14(3)4/h10-21H,1,3,5-9,22H2,2,4H3;5-12H,1,3H2,2,4H3;5-12H,1,3H2,2,4H3. The first-order valence-electron chi connectivity index (χ1n) is 27.7. The zero-order valence-electron chi connectivity index (χ0n) is 49.6. The van der Waals surface area contributed by atoms with Gasteiger partial charge in [-0.1, -0.05) is 162 Å². The number of unbranched alkanes of at least 4 members (excludes halogenated alkanes) is 3. The van der Waals surface area contributed by atoms with E-state index in [0.717, 1.165) is 75.9 Å². The topological polar surface area (TPSA) is 158 Å². The summed E-state index contributed by atoms with van der Waals surface area (Å²) >= 11 is 0. The van der Waals surface area contributed by atoms with Crippen molar-refractivity contribution in [3.8, 4) is 62.1 Å². The summed E-state index contributed by atoms with van der Waals surface area (Å²) in [4.78, 5) is 69.3. The summed E-state index contributed by atoms with van der Waals surface area (Å²) in [5.41, 5.74) is 9.95. The minimum absolute atomic E-state index is 0.304. The van der Waals surface area contributed by atoms with E-state index in [1.54, 1.807) is 90.1 Å². The van der Waals surface area contributed by atoms with Gasteiger partial charge in [-0.3, -0.25) is 0 Å². The first-order chi connectivity index (χ1) is 41.0. The van der Waals surface area contributed by atoms with E-state index in [-0.39, 0.29) is 5.97 Å². The molecule has 8 aromatic carbocycles. The lowest BCUT2D eigenvalue weighted by Crippen LogP contribution is -2.08. The number of hydrogen-bond donors (Lipinski definition) is 0. The molecule has 0 saturated carbocycles. The minimum Gasteiger partial charge on any atom is -0.462 e. The molecule has 0 aliphatic carbocycles. The van der Waals surface area contributed by atoms with Crippen molar-refractivity contribution >= 4 is 57.4 Å². The lowest BCUT2D eigenvalue weighted by molar-refractivity contribution is -0.139. The highest BCUT2D eigenvalue weighted by molar-refractivity contribution is 6.08. The average molecular weight is 1150 g/mol. The quantitative estimate of drug-likeness (QED) is 0.0221. The summed E-state index contributed by atoms with van der Waals surface area (Å²) < 4.78 is 31.2. The van der Waals surface area contributed by atoms with E-state index in [1.165, 1.54) is 16.7 Å². The molecule has 86 heavy (non-hydrogen) atoms. The van der Waals surface area contributed by atoms with Gasteiger partial charge in [0.1, 0.15) is 28.7 Å². The molecule has 0 radical (unpaired) electrons. The number of benzene rings is 8. The van der Waals surface area contributed by atoms with E-state index < -0.39 is 29.8 Å². The van der Waals surface area contributed by atoms with Crippen molar-refractivity contribution in [2.24, 2.45) is 0 Å². The summed E-state index contributed by atoms with van der Waals surface area (Å²) in [5.74, 6) is -0.168. The van der Waals surface area contributed by atoms with Crippen molar-refractivity contribution in [2.45, 2.75) is 73.6 Å². The molecule has 0 aromatic heterocycles.